The molecule has 2 rings (SSSR count). The smallest absolute Gasteiger partial charge is 0.192 e. The molecule has 2 aromatic carbocycles. The van der Waals surface area contributed by atoms with Crippen LogP contribution in [0.5, 0.6) is 0 Å². The van der Waals surface area contributed by atoms with Gasteiger partial charge in [-0.3, -0.25) is 0 Å². The highest BCUT2D eigenvalue weighted by Crippen LogP contribution is 2.43. The van der Waals surface area contributed by atoms with Crippen LogP contribution in [0, 0.1) is 79.3 Å². The minimum absolute atomic E-state index is 0.0107. The summed E-state index contributed by atoms with van der Waals surface area (Å²) in [6.45, 7) is 0. The molecule has 0 spiro atoms. The van der Waals surface area contributed by atoms with Crippen molar-refractivity contribution in [3.63, 3.8) is 0 Å². The van der Waals surface area contributed by atoms with Crippen LogP contribution in [0.25, 0.3) is 11.1 Å². The van der Waals surface area contributed by atoms with Crippen molar-refractivity contribution in [1.82, 2.24) is 0 Å². The van der Waals surface area contributed by atoms with Crippen molar-refractivity contribution in [3.8, 4) is 42.5 Å². The van der Waals surface area contributed by atoms with Gasteiger partial charge in [0.05, 0.1) is 51.1 Å². The van der Waals surface area contributed by atoms with Crippen molar-refractivity contribution < 1.29 is 26.3 Å². The number of halogens is 6. The summed E-state index contributed by atoms with van der Waals surface area (Å²) in [4.78, 5) is 0. The van der Waals surface area contributed by atoms with Gasteiger partial charge in [0, 0.05) is 16.0 Å². The van der Waals surface area contributed by atoms with Crippen molar-refractivity contribution in [2.24, 2.45) is 0 Å². The Morgan fingerprint density at radius 1 is 0.611 bits per heavy atom. The van der Waals surface area contributed by atoms with Crippen LogP contribution in [-0.2, 0) is 12.4 Å². The van der Waals surface area contributed by atoms with Crippen molar-refractivity contribution >= 4 is 11.1 Å². The van der Waals surface area contributed by atoms with Gasteiger partial charge < -0.3 is 0 Å². The Kier molecular flexibility index (Phi) is 7.04. The molecular weight excluding hydrogens is 488 g/mol. The fourth-order valence-electron chi connectivity index (χ4n) is 3.26. The van der Waals surface area contributed by atoms with Crippen LogP contribution in [0.1, 0.15) is 38.9 Å². The highest BCUT2D eigenvalue weighted by molar-refractivity contribution is 5.84. The number of alkyl halides is 6. The molecule has 0 aliphatic heterocycles. The highest BCUT2D eigenvalue weighted by Gasteiger charge is 2.44. The van der Waals surface area contributed by atoms with E-state index in [1.165, 1.54) is 30.3 Å². The van der Waals surface area contributed by atoms with Crippen molar-refractivity contribution in [2.75, 3.05) is 0 Å². The molecule has 0 bridgehead atoms. The first-order valence-electron chi connectivity index (χ1n) is 8.93. The lowest BCUT2D eigenvalue weighted by Gasteiger charge is -2.19. The molecule has 0 saturated carbocycles. The highest BCUT2D eigenvalue weighted by atomic mass is 19.4. The molecule has 0 unspecified atom stereocenters. The van der Waals surface area contributed by atoms with E-state index < -0.39 is 67.7 Å². The van der Waals surface area contributed by atoms with E-state index in [0.29, 0.717) is 0 Å². The van der Waals surface area contributed by atoms with Crippen LogP contribution in [0.2, 0.25) is 0 Å². The van der Waals surface area contributed by atoms with Gasteiger partial charge in [-0.05, 0) is 18.2 Å². The third kappa shape index (κ3) is 4.48. The molecule has 0 atom stereocenters. The number of nitrogens with zero attached hydrogens (tertiary/aromatic N) is 7. The van der Waals surface area contributed by atoms with Crippen LogP contribution >= 0.6 is 0 Å². The molecule has 0 N–H and O–H groups in total. The summed E-state index contributed by atoms with van der Waals surface area (Å²) in [5, 5.41) is 64.3. The molecule has 2 aromatic rings. The molecule has 0 aliphatic carbocycles. The first-order chi connectivity index (χ1) is 16.8. The van der Waals surface area contributed by atoms with E-state index in [2.05, 4.69) is 0 Å². The van der Waals surface area contributed by atoms with E-state index in [1.54, 1.807) is 0 Å². The summed E-state index contributed by atoms with van der Waals surface area (Å²) in [6, 6.07) is 10.9. The normalized spacial score (nSPS) is 10.3. The molecule has 7 nitrogen and oxygen atoms in total. The first kappa shape index (κ1) is 26.4. The van der Waals surface area contributed by atoms with Gasteiger partial charge in [-0.25, -0.2) is 0 Å². The molecule has 172 valence electrons. The third-order valence-electron chi connectivity index (χ3n) is 4.66. The molecular formula is C23H3F6N7. The van der Waals surface area contributed by atoms with Crippen LogP contribution in [0.4, 0.5) is 26.3 Å². The van der Waals surface area contributed by atoms with Gasteiger partial charge in [-0.2, -0.15) is 63.2 Å². The second-order valence-corrected chi connectivity index (χ2v) is 6.57. The monoisotopic (exact) mass is 491 g/mol. The largest absolute Gasteiger partial charge is 0.419 e. The van der Waals surface area contributed by atoms with E-state index in [0.717, 1.165) is 24.3 Å². The third-order valence-corrected chi connectivity index (χ3v) is 4.66. The summed E-state index contributed by atoms with van der Waals surface area (Å²) in [5.74, 6) is 0. The van der Waals surface area contributed by atoms with Crippen molar-refractivity contribution in [2.45, 2.75) is 12.4 Å². The zero-order chi connectivity index (χ0) is 27.4. The lowest BCUT2D eigenvalue weighted by molar-refractivity contribution is -0.143. The van der Waals surface area contributed by atoms with Gasteiger partial charge in [-0.15, -0.1) is 0 Å². The SMILES string of the molecule is N#CC(C#N)=c1cc(C#N)c(=C(C#N)c2cc(C(F)(F)F)c(C#N)c(C(F)(F)F)c2C#N)c(C#N)c1. The molecule has 36 heavy (non-hydrogen) atoms. The lowest BCUT2D eigenvalue weighted by Crippen LogP contribution is -2.24. The minimum Gasteiger partial charge on any atom is -0.192 e. The van der Waals surface area contributed by atoms with Gasteiger partial charge in [0.15, 0.2) is 0 Å². The maximum Gasteiger partial charge on any atom is 0.419 e. The summed E-state index contributed by atoms with van der Waals surface area (Å²) < 4.78 is 82.3. The van der Waals surface area contributed by atoms with Gasteiger partial charge in [0.2, 0.25) is 0 Å². The van der Waals surface area contributed by atoms with Crippen molar-refractivity contribution in [3.05, 3.63) is 67.6 Å². The number of benzene rings is 2. The summed E-state index contributed by atoms with van der Waals surface area (Å²) in [7, 11) is 0. The van der Waals surface area contributed by atoms with E-state index >= 15 is 0 Å². The standard InChI is InChI=1S/C23H3F6N7/c24-22(25,26)19-3-15(17(9-35)21(18(19)10-36)23(27,28)29)16(8-34)20-12(4-30)1-11(2-13(20)5-31)14(6-32)7-33/h1-3H. The molecule has 0 heterocycles. The van der Waals surface area contributed by atoms with Gasteiger partial charge in [0.25, 0.3) is 0 Å². The zero-order valence-corrected chi connectivity index (χ0v) is 17.1. The van der Waals surface area contributed by atoms with Crippen LogP contribution < -0.4 is 10.4 Å². The van der Waals surface area contributed by atoms with Crippen LogP contribution in [0.3, 0.4) is 0 Å². The number of nitriles is 7. The van der Waals surface area contributed by atoms with E-state index in [1.807, 2.05) is 0 Å². The molecule has 0 amide bonds. The molecule has 0 aromatic heterocycles. The molecule has 0 saturated heterocycles. The fourth-order valence-corrected chi connectivity index (χ4v) is 3.26. The topological polar surface area (TPSA) is 167 Å². The Balaban J connectivity index is 3.45. The lowest BCUT2D eigenvalue weighted by atomic mass is 9.86. The number of hydrogen-bond donors (Lipinski definition) is 0. The van der Waals surface area contributed by atoms with E-state index in [4.69, 9.17) is 15.8 Å². The molecule has 0 fully saturated rings. The maximum atomic E-state index is 13.8. The Hall–Kier alpha value is -5.81. The Morgan fingerprint density at radius 2 is 1.11 bits per heavy atom. The predicted molar refractivity (Wildman–Crippen MR) is 104 cm³/mol. The van der Waals surface area contributed by atoms with Crippen molar-refractivity contribution in [1.29, 1.82) is 36.8 Å². The van der Waals surface area contributed by atoms with E-state index in [9.17, 15) is 47.4 Å². The number of rotatable bonds is 1. The maximum absolute atomic E-state index is 13.8. The van der Waals surface area contributed by atoms with E-state index in [-0.39, 0.29) is 11.3 Å². The summed E-state index contributed by atoms with van der Waals surface area (Å²) in [5.41, 5.74) is -12.0. The van der Waals surface area contributed by atoms with Crippen LogP contribution in [-0.4, -0.2) is 0 Å². The summed E-state index contributed by atoms with van der Waals surface area (Å²) in [6.07, 6.45) is -11.2. The second kappa shape index (κ2) is 9.59. The first-order valence-corrected chi connectivity index (χ1v) is 8.93. The zero-order valence-electron chi connectivity index (χ0n) is 17.1. The van der Waals surface area contributed by atoms with Gasteiger partial charge in [-0.1, -0.05) is 0 Å². The average molecular weight is 491 g/mol. The Bertz CT molecular complexity index is 1670. The summed E-state index contributed by atoms with van der Waals surface area (Å²) >= 11 is 0. The Morgan fingerprint density at radius 3 is 1.44 bits per heavy atom. The van der Waals surface area contributed by atoms with Crippen LogP contribution in [0.15, 0.2) is 18.2 Å². The average Bonchev–Trinajstić information content (AvgIpc) is 2.83. The predicted octanol–water partition coefficient (Wildman–Crippen LogP) is 3.13. The quantitative estimate of drug-likeness (QED) is 0.552. The fraction of sp³-hybridized carbons (Fsp3) is 0.0870. The van der Waals surface area contributed by atoms with Gasteiger partial charge >= 0.3 is 12.4 Å². The molecule has 13 heteroatoms. The number of hydrogen-bond acceptors (Lipinski definition) is 7. The Labute approximate surface area is 197 Å². The second-order valence-electron chi connectivity index (χ2n) is 6.57. The minimum atomic E-state index is -5.64. The molecule has 0 aliphatic rings. The molecule has 0 radical (unpaired) electrons. The van der Waals surface area contributed by atoms with Gasteiger partial charge in [0.1, 0.15) is 35.9 Å².